The number of hydrogen-bond acceptors (Lipinski definition) is 10. The molecular weight excluding hydrogens is 508 g/mol. The number of carbonyl (C=O) groups is 5. The summed E-state index contributed by atoms with van der Waals surface area (Å²) in [5, 5.41) is 0. The first kappa shape index (κ1) is 39.5. The summed E-state index contributed by atoms with van der Waals surface area (Å²) >= 11 is 0. The van der Waals surface area contributed by atoms with Crippen LogP contribution in [0.5, 0.6) is 0 Å². The number of hydrogen-bond donors (Lipinski definition) is 0. The Balaban J connectivity index is -0.000000454. The summed E-state index contributed by atoms with van der Waals surface area (Å²) in [6.07, 6.45) is 10.5. The Morgan fingerprint density at radius 1 is 0.846 bits per heavy atom. The average Bonchev–Trinajstić information content (AvgIpc) is 3.73. The zero-order chi connectivity index (χ0) is 30.6. The van der Waals surface area contributed by atoms with Gasteiger partial charge in [0.05, 0.1) is 19.8 Å². The van der Waals surface area contributed by atoms with Crippen LogP contribution in [0.4, 0.5) is 0 Å². The standard InChI is InChI=1S/C10H12O3.C7H10O3.C7H12O2.C5H8O2/c1-4-5-6-7-9(11)13-10(12)8(2)3;1-5(2)7(8)10-4-6-3-9-6;1-3-5-6-9-7(8)4-2;1-3-5(6)7-4-2/h4-7H,2H2,1,3H3;6H,1,3-4H2,2H3;4H,2-3,5-6H2,1H3;3H,1,4H2,2H3. The molecule has 218 valence electrons. The lowest BCUT2D eigenvalue weighted by molar-refractivity contribution is -0.153. The molecule has 0 aliphatic carbocycles. The van der Waals surface area contributed by atoms with Crippen LogP contribution in [-0.2, 0) is 47.7 Å². The molecule has 0 saturated carbocycles. The lowest BCUT2D eigenvalue weighted by atomic mass is 10.4. The highest BCUT2D eigenvalue weighted by molar-refractivity contribution is 5.98. The van der Waals surface area contributed by atoms with E-state index in [1.807, 2.05) is 13.8 Å². The topological polar surface area (TPSA) is 135 Å². The molecule has 1 unspecified atom stereocenters. The minimum Gasteiger partial charge on any atom is -0.463 e. The maximum atomic E-state index is 10.8. The molecule has 0 aromatic heterocycles. The van der Waals surface area contributed by atoms with Crippen LogP contribution < -0.4 is 0 Å². The molecule has 1 rings (SSSR count). The SMILES string of the molecule is C=C(C)C(=O)OC(=O)C=CC=CC.C=C(C)C(=O)OCC1CO1.C=CC(=O)OCC.C=CC(=O)OCCCC. The van der Waals surface area contributed by atoms with Crippen LogP contribution >= 0.6 is 0 Å². The Kier molecular flexibility index (Phi) is 27.3. The molecule has 1 atom stereocenters. The molecule has 10 heteroatoms. The molecule has 1 saturated heterocycles. The van der Waals surface area contributed by atoms with E-state index in [0.29, 0.717) is 32.0 Å². The van der Waals surface area contributed by atoms with Gasteiger partial charge in [0.25, 0.3) is 0 Å². The van der Waals surface area contributed by atoms with Gasteiger partial charge in [-0.25, -0.2) is 24.0 Å². The van der Waals surface area contributed by atoms with E-state index in [0.717, 1.165) is 18.9 Å². The summed E-state index contributed by atoms with van der Waals surface area (Å²) in [6, 6.07) is 0. The van der Waals surface area contributed by atoms with E-state index in [4.69, 9.17) is 9.47 Å². The van der Waals surface area contributed by atoms with E-state index in [-0.39, 0.29) is 29.6 Å². The van der Waals surface area contributed by atoms with Gasteiger partial charge in [-0.1, -0.05) is 57.9 Å². The maximum Gasteiger partial charge on any atom is 0.340 e. The molecule has 0 aromatic carbocycles. The van der Waals surface area contributed by atoms with E-state index in [2.05, 4.69) is 40.5 Å². The molecule has 1 aliphatic heterocycles. The van der Waals surface area contributed by atoms with E-state index in [1.54, 1.807) is 26.0 Å². The van der Waals surface area contributed by atoms with Crippen molar-refractivity contribution in [3.05, 3.63) is 73.9 Å². The van der Waals surface area contributed by atoms with Gasteiger partial charge in [-0.15, -0.1) is 0 Å². The van der Waals surface area contributed by atoms with E-state index >= 15 is 0 Å². The second-order valence-electron chi connectivity index (χ2n) is 7.39. The average molecular weight is 551 g/mol. The first-order chi connectivity index (χ1) is 18.4. The van der Waals surface area contributed by atoms with E-state index < -0.39 is 11.9 Å². The molecule has 0 N–H and O–H groups in total. The van der Waals surface area contributed by atoms with Gasteiger partial charge >= 0.3 is 29.8 Å². The second kappa shape index (κ2) is 27.0. The highest BCUT2D eigenvalue weighted by atomic mass is 16.6. The largest absolute Gasteiger partial charge is 0.463 e. The summed E-state index contributed by atoms with van der Waals surface area (Å²) < 4.78 is 23.1. The predicted molar refractivity (Wildman–Crippen MR) is 148 cm³/mol. The van der Waals surface area contributed by atoms with Crippen molar-refractivity contribution < 1.29 is 47.7 Å². The van der Waals surface area contributed by atoms with Crippen molar-refractivity contribution in [2.45, 2.75) is 53.6 Å². The quantitative estimate of drug-likeness (QED) is 0.0649. The van der Waals surface area contributed by atoms with Crippen molar-refractivity contribution in [1.82, 2.24) is 0 Å². The van der Waals surface area contributed by atoms with Crippen LogP contribution in [0.25, 0.3) is 0 Å². The van der Waals surface area contributed by atoms with Gasteiger partial charge in [-0.05, 0) is 34.1 Å². The molecule has 39 heavy (non-hydrogen) atoms. The molecule has 1 fully saturated rings. The molecule has 0 bridgehead atoms. The fourth-order valence-electron chi connectivity index (χ4n) is 1.49. The van der Waals surface area contributed by atoms with Crippen molar-refractivity contribution in [1.29, 1.82) is 0 Å². The maximum absolute atomic E-state index is 10.8. The minimum atomic E-state index is -0.699. The van der Waals surface area contributed by atoms with Crippen molar-refractivity contribution in [2.75, 3.05) is 26.4 Å². The van der Waals surface area contributed by atoms with Gasteiger partial charge in [0, 0.05) is 29.4 Å². The summed E-state index contributed by atoms with van der Waals surface area (Å²) in [4.78, 5) is 52.7. The van der Waals surface area contributed by atoms with Crippen LogP contribution in [0.3, 0.4) is 0 Å². The number of rotatable bonds is 12. The van der Waals surface area contributed by atoms with Gasteiger partial charge in [0.1, 0.15) is 12.7 Å². The van der Waals surface area contributed by atoms with Crippen LogP contribution in [-0.4, -0.2) is 62.4 Å². The van der Waals surface area contributed by atoms with Gasteiger partial charge < -0.3 is 23.7 Å². The first-order valence-electron chi connectivity index (χ1n) is 12.1. The Labute approximate surface area is 231 Å². The lowest BCUT2D eigenvalue weighted by Gasteiger charge is -1.99. The molecule has 0 spiro atoms. The lowest BCUT2D eigenvalue weighted by Crippen LogP contribution is -2.09. The molecule has 0 aromatic rings. The van der Waals surface area contributed by atoms with Crippen molar-refractivity contribution >= 4 is 29.8 Å². The van der Waals surface area contributed by atoms with Crippen LogP contribution in [0, 0.1) is 0 Å². The van der Waals surface area contributed by atoms with Crippen LogP contribution in [0.2, 0.25) is 0 Å². The monoisotopic (exact) mass is 550 g/mol. The summed E-state index contributed by atoms with van der Waals surface area (Å²) in [5.74, 6) is -2.41. The third-order valence-electron chi connectivity index (χ3n) is 3.59. The molecule has 1 aliphatic rings. The summed E-state index contributed by atoms with van der Waals surface area (Å²) in [7, 11) is 0. The number of esters is 5. The molecule has 0 amide bonds. The van der Waals surface area contributed by atoms with Gasteiger partial charge in [0.2, 0.25) is 0 Å². The second-order valence-corrected chi connectivity index (χ2v) is 7.39. The Bertz CT molecular complexity index is 876. The van der Waals surface area contributed by atoms with Crippen molar-refractivity contribution in [3.8, 4) is 0 Å². The van der Waals surface area contributed by atoms with E-state index in [9.17, 15) is 24.0 Å². The number of carbonyl (C=O) groups excluding carboxylic acids is 5. The molecule has 0 radical (unpaired) electrons. The highest BCUT2D eigenvalue weighted by Gasteiger charge is 2.24. The summed E-state index contributed by atoms with van der Waals surface area (Å²) in [6.45, 7) is 24.0. The normalized spacial score (nSPS) is 12.5. The van der Waals surface area contributed by atoms with Crippen LogP contribution in [0.15, 0.2) is 73.9 Å². The summed E-state index contributed by atoms with van der Waals surface area (Å²) in [5.41, 5.74) is 0.633. The smallest absolute Gasteiger partial charge is 0.340 e. The number of unbranched alkanes of at least 4 members (excludes halogenated alkanes) is 1. The Morgan fingerprint density at radius 3 is 1.77 bits per heavy atom. The van der Waals surface area contributed by atoms with Crippen LogP contribution in [0.1, 0.15) is 47.5 Å². The minimum absolute atomic E-state index is 0.142. The van der Waals surface area contributed by atoms with Gasteiger partial charge in [0.15, 0.2) is 0 Å². The molecular formula is C29H42O10. The Hall–Kier alpha value is -4.05. The zero-order valence-corrected chi connectivity index (χ0v) is 23.7. The fourth-order valence-corrected chi connectivity index (χ4v) is 1.49. The fraction of sp³-hybridized carbons (Fsp3) is 0.414. The number of epoxide rings is 1. The molecule has 10 nitrogen and oxygen atoms in total. The Morgan fingerprint density at radius 2 is 1.38 bits per heavy atom. The number of allylic oxidation sites excluding steroid dienone is 3. The van der Waals surface area contributed by atoms with E-state index in [1.165, 1.54) is 25.2 Å². The first-order valence-corrected chi connectivity index (χ1v) is 12.1. The highest BCUT2D eigenvalue weighted by Crippen LogP contribution is 2.09. The van der Waals surface area contributed by atoms with Gasteiger partial charge in [-0.2, -0.15) is 0 Å². The molecule has 1 heterocycles. The zero-order valence-electron chi connectivity index (χ0n) is 23.7. The van der Waals surface area contributed by atoms with Crippen molar-refractivity contribution in [2.24, 2.45) is 0 Å². The van der Waals surface area contributed by atoms with Crippen molar-refractivity contribution in [3.63, 3.8) is 0 Å². The predicted octanol–water partition coefficient (Wildman–Crippen LogP) is 4.52. The third kappa shape index (κ3) is 31.9. The number of ether oxygens (including phenoxy) is 5. The third-order valence-corrected chi connectivity index (χ3v) is 3.59. The van der Waals surface area contributed by atoms with Gasteiger partial charge in [-0.3, -0.25) is 0 Å².